The zero-order chi connectivity index (χ0) is 13.5. The van der Waals surface area contributed by atoms with E-state index in [4.69, 9.17) is 21.4 Å². The summed E-state index contributed by atoms with van der Waals surface area (Å²) >= 11 is 5.82. The van der Waals surface area contributed by atoms with E-state index in [2.05, 4.69) is 5.32 Å². The summed E-state index contributed by atoms with van der Waals surface area (Å²) < 4.78 is 5.43. The number of ether oxygens (including phenoxy) is 1. The zero-order valence-corrected chi connectivity index (χ0v) is 10.7. The molecule has 1 amide bonds. The van der Waals surface area contributed by atoms with E-state index >= 15 is 0 Å². The number of anilines is 1. The molecule has 0 spiro atoms. The maximum absolute atomic E-state index is 11.4. The van der Waals surface area contributed by atoms with Crippen LogP contribution in [0.1, 0.15) is 19.8 Å². The predicted octanol–water partition coefficient (Wildman–Crippen LogP) is 2.54. The van der Waals surface area contributed by atoms with Crippen molar-refractivity contribution in [2.75, 3.05) is 11.9 Å². The van der Waals surface area contributed by atoms with Crippen molar-refractivity contribution in [2.45, 2.75) is 19.8 Å². The van der Waals surface area contributed by atoms with E-state index < -0.39 is 18.3 Å². The normalized spacial score (nSPS) is 9.89. The number of carboxylic acid groups (broad SMARTS) is 1. The third kappa shape index (κ3) is 4.63. The summed E-state index contributed by atoms with van der Waals surface area (Å²) in [6, 6.07) is 4.79. The second kappa shape index (κ2) is 6.86. The van der Waals surface area contributed by atoms with Gasteiger partial charge in [0.05, 0.1) is 12.3 Å². The number of amides is 1. The van der Waals surface area contributed by atoms with Gasteiger partial charge in [0, 0.05) is 5.02 Å². The van der Waals surface area contributed by atoms with Crippen LogP contribution in [0.5, 0.6) is 5.75 Å². The number of carbonyl (C=O) groups is 2. The summed E-state index contributed by atoms with van der Waals surface area (Å²) in [7, 11) is 0. The van der Waals surface area contributed by atoms with E-state index in [9.17, 15) is 9.59 Å². The third-order valence-electron chi connectivity index (χ3n) is 1.99. The fourth-order valence-electron chi connectivity index (χ4n) is 1.27. The first-order valence-corrected chi connectivity index (χ1v) is 5.84. The lowest BCUT2D eigenvalue weighted by molar-refractivity contribution is -0.139. The minimum Gasteiger partial charge on any atom is -0.491 e. The van der Waals surface area contributed by atoms with Crippen LogP contribution in [-0.2, 0) is 9.59 Å². The summed E-state index contributed by atoms with van der Waals surface area (Å²) in [5.41, 5.74) is 0.377. The molecule has 0 unspecified atom stereocenters. The van der Waals surface area contributed by atoms with Gasteiger partial charge in [0.25, 0.3) is 0 Å². The van der Waals surface area contributed by atoms with Crippen LogP contribution in [0, 0.1) is 0 Å². The number of hydrogen-bond donors (Lipinski definition) is 2. The Labute approximate surface area is 110 Å². The summed E-state index contributed by atoms with van der Waals surface area (Å²) in [5.74, 6) is -1.34. The summed E-state index contributed by atoms with van der Waals surface area (Å²) in [4.78, 5) is 21.8. The molecular formula is C12H14ClNO4. The Balaban J connectivity index is 2.81. The number of nitrogens with one attached hydrogen (secondary N) is 1. The Morgan fingerprint density at radius 3 is 2.78 bits per heavy atom. The van der Waals surface area contributed by atoms with Crippen LogP contribution < -0.4 is 10.1 Å². The molecule has 6 heteroatoms. The molecule has 0 bridgehead atoms. The van der Waals surface area contributed by atoms with Crippen molar-refractivity contribution >= 4 is 29.2 Å². The highest BCUT2D eigenvalue weighted by Gasteiger charge is 2.11. The average molecular weight is 272 g/mol. The Bertz CT molecular complexity index is 448. The van der Waals surface area contributed by atoms with E-state index in [1.54, 1.807) is 12.1 Å². The topological polar surface area (TPSA) is 75.6 Å². The van der Waals surface area contributed by atoms with Gasteiger partial charge in [0.1, 0.15) is 12.2 Å². The predicted molar refractivity (Wildman–Crippen MR) is 68.1 cm³/mol. The van der Waals surface area contributed by atoms with Gasteiger partial charge in [-0.3, -0.25) is 9.59 Å². The van der Waals surface area contributed by atoms with Crippen molar-refractivity contribution in [1.29, 1.82) is 0 Å². The monoisotopic (exact) mass is 271 g/mol. The molecule has 0 atom stereocenters. The third-order valence-corrected chi connectivity index (χ3v) is 2.22. The molecule has 1 rings (SSSR count). The first kappa shape index (κ1) is 14.3. The second-order valence-corrected chi connectivity index (χ2v) is 4.04. The Morgan fingerprint density at radius 2 is 2.17 bits per heavy atom. The highest BCUT2D eigenvalue weighted by molar-refractivity contribution is 6.31. The Kier molecular flexibility index (Phi) is 5.45. The summed E-state index contributed by atoms with van der Waals surface area (Å²) in [6.45, 7) is 2.46. The summed E-state index contributed by atoms with van der Waals surface area (Å²) in [6.07, 6.45) is 0.227. The number of carboxylic acids is 1. The highest BCUT2D eigenvalue weighted by Crippen LogP contribution is 2.28. The molecule has 0 aliphatic heterocycles. The van der Waals surface area contributed by atoms with E-state index in [1.807, 2.05) is 6.92 Å². The van der Waals surface area contributed by atoms with Crippen LogP contribution in [0.25, 0.3) is 0 Å². The number of carbonyl (C=O) groups excluding carboxylic acids is 1. The lowest BCUT2D eigenvalue weighted by Gasteiger charge is -2.11. The molecule has 0 heterocycles. The standard InChI is InChI=1S/C12H14ClNO4/c1-2-5-18-10-4-3-8(13)6-9(10)14-11(15)7-12(16)17/h3-4,6H,2,5,7H2,1H3,(H,14,15)(H,16,17). The minimum atomic E-state index is -1.19. The van der Waals surface area contributed by atoms with Gasteiger partial charge in [0.15, 0.2) is 0 Å². The van der Waals surface area contributed by atoms with Gasteiger partial charge in [-0.25, -0.2) is 0 Å². The lowest BCUT2D eigenvalue weighted by atomic mass is 10.2. The smallest absolute Gasteiger partial charge is 0.312 e. The number of rotatable bonds is 6. The quantitative estimate of drug-likeness (QED) is 0.780. The maximum Gasteiger partial charge on any atom is 0.312 e. The molecule has 0 aliphatic rings. The van der Waals surface area contributed by atoms with E-state index in [1.165, 1.54) is 6.07 Å². The number of halogens is 1. The summed E-state index contributed by atoms with van der Waals surface area (Å²) in [5, 5.41) is 11.4. The fraction of sp³-hybridized carbons (Fsp3) is 0.333. The molecule has 2 N–H and O–H groups in total. The van der Waals surface area contributed by atoms with Crippen LogP contribution >= 0.6 is 11.6 Å². The number of hydrogen-bond acceptors (Lipinski definition) is 3. The largest absolute Gasteiger partial charge is 0.491 e. The van der Waals surface area contributed by atoms with Crippen LogP contribution in [0.4, 0.5) is 5.69 Å². The van der Waals surface area contributed by atoms with Gasteiger partial charge < -0.3 is 15.2 Å². The minimum absolute atomic E-state index is 0.377. The van der Waals surface area contributed by atoms with Crippen molar-refractivity contribution in [3.63, 3.8) is 0 Å². The molecule has 5 nitrogen and oxygen atoms in total. The first-order valence-electron chi connectivity index (χ1n) is 5.47. The van der Waals surface area contributed by atoms with E-state index in [-0.39, 0.29) is 0 Å². The molecule has 18 heavy (non-hydrogen) atoms. The van der Waals surface area contributed by atoms with Crippen LogP contribution in [0.2, 0.25) is 5.02 Å². The van der Waals surface area contributed by atoms with Gasteiger partial charge >= 0.3 is 5.97 Å². The Hall–Kier alpha value is -1.75. The fourth-order valence-corrected chi connectivity index (χ4v) is 1.44. The average Bonchev–Trinajstić information content (AvgIpc) is 2.26. The number of aliphatic carboxylic acids is 1. The van der Waals surface area contributed by atoms with Gasteiger partial charge in [0.2, 0.25) is 5.91 Å². The first-order chi connectivity index (χ1) is 8.52. The molecule has 0 aliphatic carbocycles. The molecule has 0 saturated carbocycles. The van der Waals surface area contributed by atoms with Crippen LogP contribution in [0.15, 0.2) is 18.2 Å². The molecule has 0 aromatic heterocycles. The molecule has 1 aromatic carbocycles. The van der Waals surface area contributed by atoms with E-state index in [0.29, 0.717) is 23.1 Å². The van der Waals surface area contributed by atoms with Crippen LogP contribution in [-0.4, -0.2) is 23.6 Å². The van der Waals surface area contributed by atoms with Gasteiger partial charge in [-0.15, -0.1) is 0 Å². The van der Waals surface area contributed by atoms with Crippen molar-refractivity contribution in [3.05, 3.63) is 23.2 Å². The SMILES string of the molecule is CCCOc1ccc(Cl)cc1NC(=O)CC(=O)O. The molecule has 0 radical (unpaired) electrons. The van der Waals surface area contributed by atoms with Gasteiger partial charge in [-0.1, -0.05) is 18.5 Å². The van der Waals surface area contributed by atoms with E-state index in [0.717, 1.165) is 6.42 Å². The lowest BCUT2D eigenvalue weighted by Crippen LogP contribution is -2.16. The van der Waals surface area contributed by atoms with Crippen molar-refractivity contribution in [1.82, 2.24) is 0 Å². The maximum atomic E-state index is 11.4. The van der Waals surface area contributed by atoms with Gasteiger partial charge in [-0.05, 0) is 24.6 Å². The molecular weight excluding hydrogens is 258 g/mol. The number of benzene rings is 1. The highest BCUT2D eigenvalue weighted by atomic mass is 35.5. The van der Waals surface area contributed by atoms with Crippen LogP contribution in [0.3, 0.4) is 0 Å². The molecule has 98 valence electrons. The molecule has 0 fully saturated rings. The van der Waals surface area contributed by atoms with Crippen molar-refractivity contribution in [3.8, 4) is 5.75 Å². The molecule has 0 saturated heterocycles. The van der Waals surface area contributed by atoms with Gasteiger partial charge in [-0.2, -0.15) is 0 Å². The van der Waals surface area contributed by atoms with Crippen molar-refractivity contribution in [2.24, 2.45) is 0 Å². The zero-order valence-electron chi connectivity index (χ0n) is 9.90. The van der Waals surface area contributed by atoms with Crippen molar-refractivity contribution < 1.29 is 19.4 Å². The Morgan fingerprint density at radius 1 is 1.44 bits per heavy atom. The molecule has 1 aromatic rings. The second-order valence-electron chi connectivity index (χ2n) is 3.61.